The summed E-state index contributed by atoms with van der Waals surface area (Å²) < 4.78 is 12.2. The van der Waals surface area contributed by atoms with Crippen molar-refractivity contribution in [2.24, 2.45) is 0 Å². The Kier molecular flexibility index (Phi) is 5.71. The molecule has 170 valence electrons. The smallest absolute Gasteiger partial charge is 0.294 e. The number of Topliss-reactive ketones (excluding diaryl/α,β-unsaturated/α-hetero) is 1. The van der Waals surface area contributed by atoms with Gasteiger partial charge < -0.3 is 14.3 Å². The van der Waals surface area contributed by atoms with Crippen LogP contribution in [0.4, 0.5) is 5.69 Å². The van der Waals surface area contributed by atoms with Gasteiger partial charge >= 0.3 is 0 Å². The van der Waals surface area contributed by atoms with E-state index in [0.717, 1.165) is 9.86 Å². The molecule has 2 heterocycles. The number of furan rings is 1. The summed E-state index contributed by atoms with van der Waals surface area (Å²) in [6, 6.07) is 22.3. The highest BCUT2D eigenvalue weighted by Crippen LogP contribution is 2.42. The van der Waals surface area contributed by atoms with Gasteiger partial charge in [-0.05, 0) is 61.0 Å². The first-order valence-electron chi connectivity index (χ1n) is 10.8. The van der Waals surface area contributed by atoms with E-state index < -0.39 is 23.5 Å². The summed E-state index contributed by atoms with van der Waals surface area (Å²) in [6.45, 7) is 2.41. The van der Waals surface area contributed by atoms with Crippen LogP contribution in [0.15, 0.2) is 99.1 Å². The molecule has 1 aliphatic heterocycles. The Labute approximate surface area is 204 Å². The predicted molar refractivity (Wildman–Crippen MR) is 132 cm³/mol. The molecule has 34 heavy (non-hydrogen) atoms. The normalized spacial score (nSPS) is 15.9. The molecule has 6 nitrogen and oxygen atoms in total. The quantitative estimate of drug-likeness (QED) is 0.300. The molecular formula is C27H20BrNO5. The molecule has 1 atom stereocenters. The van der Waals surface area contributed by atoms with Crippen LogP contribution >= 0.6 is 15.9 Å². The Morgan fingerprint density at radius 1 is 1.06 bits per heavy atom. The zero-order chi connectivity index (χ0) is 23.8. The summed E-state index contributed by atoms with van der Waals surface area (Å²) in [5.41, 5.74) is 1.73. The second kappa shape index (κ2) is 8.83. The Morgan fingerprint density at radius 2 is 1.79 bits per heavy atom. The number of benzene rings is 3. The van der Waals surface area contributed by atoms with Crippen molar-refractivity contribution in [2.75, 3.05) is 11.5 Å². The van der Waals surface area contributed by atoms with Gasteiger partial charge in [0.05, 0.1) is 18.2 Å². The van der Waals surface area contributed by atoms with Crippen molar-refractivity contribution in [3.05, 3.63) is 106 Å². The lowest BCUT2D eigenvalue weighted by Gasteiger charge is -2.26. The van der Waals surface area contributed by atoms with E-state index in [2.05, 4.69) is 15.9 Å². The fraction of sp³-hybridized carbons (Fsp3) is 0.111. The van der Waals surface area contributed by atoms with Crippen molar-refractivity contribution in [3.63, 3.8) is 0 Å². The van der Waals surface area contributed by atoms with E-state index in [4.69, 9.17) is 9.15 Å². The standard InChI is InChI=1S/C27H20BrNO5/c1-2-33-20-11-8-16(9-12-20)24-23(26(31)27(32)29(24)19-6-4-3-5-7-19)25(30)22-15-17-14-18(28)10-13-21(17)34-22/h3-15,24,31H,2H2,1H3. The van der Waals surface area contributed by atoms with Crippen molar-refractivity contribution in [1.82, 2.24) is 0 Å². The molecule has 0 fully saturated rings. The number of aliphatic hydroxyl groups is 1. The third kappa shape index (κ3) is 3.78. The van der Waals surface area contributed by atoms with Crippen LogP contribution in [-0.2, 0) is 4.79 Å². The number of hydrogen-bond acceptors (Lipinski definition) is 5. The van der Waals surface area contributed by atoms with E-state index in [-0.39, 0.29) is 11.3 Å². The lowest BCUT2D eigenvalue weighted by molar-refractivity contribution is -0.117. The van der Waals surface area contributed by atoms with Crippen LogP contribution < -0.4 is 9.64 Å². The number of amides is 1. The lowest BCUT2D eigenvalue weighted by Crippen LogP contribution is -2.31. The van der Waals surface area contributed by atoms with E-state index in [1.165, 1.54) is 4.90 Å². The monoisotopic (exact) mass is 517 g/mol. The first-order chi connectivity index (χ1) is 16.5. The number of nitrogens with zero attached hydrogens (tertiary/aromatic N) is 1. The van der Waals surface area contributed by atoms with Crippen molar-refractivity contribution < 1.29 is 23.8 Å². The third-order valence-electron chi connectivity index (χ3n) is 5.70. The molecule has 4 aromatic rings. The first kappa shape index (κ1) is 22.0. The summed E-state index contributed by atoms with van der Waals surface area (Å²) in [5, 5.41) is 11.6. The molecule has 0 saturated heterocycles. The molecular weight excluding hydrogens is 498 g/mol. The summed E-state index contributed by atoms with van der Waals surface area (Å²) in [4.78, 5) is 28.3. The summed E-state index contributed by atoms with van der Waals surface area (Å²) in [7, 11) is 0. The number of para-hydroxylation sites is 1. The Hall–Kier alpha value is -3.84. The van der Waals surface area contributed by atoms with Gasteiger partial charge in [0.15, 0.2) is 11.5 Å². The molecule has 5 rings (SSSR count). The van der Waals surface area contributed by atoms with Crippen LogP contribution in [0.3, 0.4) is 0 Å². The number of ketones is 1. The number of halogens is 1. The largest absolute Gasteiger partial charge is 0.503 e. The average molecular weight is 518 g/mol. The fourth-order valence-corrected chi connectivity index (χ4v) is 4.56. The summed E-state index contributed by atoms with van der Waals surface area (Å²) >= 11 is 3.42. The molecule has 0 aliphatic carbocycles. The van der Waals surface area contributed by atoms with Crippen molar-refractivity contribution in [1.29, 1.82) is 0 Å². The van der Waals surface area contributed by atoms with Gasteiger partial charge in [-0.3, -0.25) is 14.5 Å². The number of hydrogen-bond donors (Lipinski definition) is 1. The molecule has 3 aromatic carbocycles. The van der Waals surface area contributed by atoms with Crippen LogP contribution in [0, 0.1) is 0 Å². The van der Waals surface area contributed by atoms with Crippen molar-refractivity contribution >= 4 is 44.3 Å². The third-order valence-corrected chi connectivity index (χ3v) is 6.19. The minimum Gasteiger partial charge on any atom is -0.503 e. The minimum absolute atomic E-state index is 0.0314. The maximum atomic E-state index is 13.7. The van der Waals surface area contributed by atoms with E-state index in [0.29, 0.717) is 29.2 Å². The molecule has 1 aliphatic rings. The number of rotatable bonds is 6. The number of carbonyl (C=O) groups excluding carboxylic acids is 2. The van der Waals surface area contributed by atoms with Crippen molar-refractivity contribution in [2.45, 2.75) is 13.0 Å². The minimum atomic E-state index is -0.835. The van der Waals surface area contributed by atoms with Crippen LogP contribution in [0.2, 0.25) is 0 Å². The van der Waals surface area contributed by atoms with Gasteiger partial charge in [-0.1, -0.05) is 46.3 Å². The van der Waals surface area contributed by atoms with Gasteiger partial charge in [-0.15, -0.1) is 0 Å². The number of carbonyl (C=O) groups is 2. The Bertz CT molecular complexity index is 1420. The van der Waals surface area contributed by atoms with Gasteiger partial charge in [-0.2, -0.15) is 0 Å². The summed E-state index contributed by atoms with van der Waals surface area (Å²) in [6.07, 6.45) is 0. The highest BCUT2D eigenvalue weighted by atomic mass is 79.9. The van der Waals surface area contributed by atoms with Crippen LogP contribution in [0.1, 0.15) is 29.1 Å². The van der Waals surface area contributed by atoms with Crippen LogP contribution in [0.25, 0.3) is 11.0 Å². The number of ether oxygens (including phenoxy) is 1. The molecule has 0 bridgehead atoms. The van der Waals surface area contributed by atoms with Gasteiger partial charge in [0, 0.05) is 15.5 Å². The molecule has 1 aromatic heterocycles. The van der Waals surface area contributed by atoms with E-state index in [1.54, 1.807) is 60.7 Å². The summed E-state index contributed by atoms with van der Waals surface area (Å²) in [5.74, 6) is -1.06. The zero-order valence-electron chi connectivity index (χ0n) is 18.2. The number of fused-ring (bicyclic) bond motifs is 1. The lowest BCUT2D eigenvalue weighted by atomic mass is 9.94. The van der Waals surface area contributed by atoms with Crippen LogP contribution in [-0.4, -0.2) is 23.4 Å². The highest BCUT2D eigenvalue weighted by molar-refractivity contribution is 9.10. The van der Waals surface area contributed by atoms with Crippen LogP contribution in [0.5, 0.6) is 5.75 Å². The molecule has 1 amide bonds. The molecule has 1 N–H and O–H groups in total. The molecule has 0 spiro atoms. The SMILES string of the molecule is CCOc1ccc(C2C(C(=O)c3cc4cc(Br)ccc4o3)=C(O)C(=O)N2c2ccccc2)cc1. The van der Waals surface area contributed by atoms with Gasteiger partial charge in [0.25, 0.3) is 5.91 Å². The average Bonchev–Trinajstić information content (AvgIpc) is 3.38. The van der Waals surface area contributed by atoms with E-state index in [1.807, 2.05) is 25.1 Å². The van der Waals surface area contributed by atoms with Gasteiger partial charge in [-0.25, -0.2) is 0 Å². The molecule has 7 heteroatoms. The maximum absolute atomic E-state index is 13.7. The second-order valence-corrected chi connectivity index (χ2v) is 8.72. The highest BCUT2D eigenvalue weighted by Gasteiger charge is 2.45. The van der Waals surface area contributed by atoms with Crippen molar-refractivity contribution in [3.8, 4) is 5.75 Å². The predicted octanol–water partition coefficient (Wildman–Crippen LogP) is 6.38. The fourth-order valence-electron chi connectivity index (χ4n) is 4.18. The van der Waals surface area contributed by atoms with E-state index in [9.17, 15) is 14.7 Å². The molecule has 0 radical (unpaired) electrons. The van der Waals surface area contributed by atoms with E-state index >= 15 is 0 Å². The van der Waals surface area contributed by atoms with Gasteiger partial charge in [0.1, 0.15) is 11.3 Å². The number of anilines is 1. The zero-order valence-corrected chi connectivity index (χ0v) is 19.8. The Morgan fingerprint density at radius 3 is 2.50 bits per heavy atom. The maximum Gasteiger partial charge on any atom is 0.294 e. The topological polar surface area (TPSA) is 80.0 Å². The van der Waals surface area contributed by atoms with Gasteiger partial charge in [0.2, 0.25) is 5.78 Å². The Balaban J connectivity index is 1.63. The molecule has 1 unspecified atom stereocenters. The number of aliphatic hydroxyl groups excluding tert-OH is 1. The molecule has 0 saturated carbocycles. The first-order valence-corrected chi connectivity index (χ1v) is 11.6. The second-order valence-electron chi connectivity index (χ2n) is 7.80.